The van der Waals surface area contributed by atoms with Crippen LogP contribution in [0.1, 0.15) is 12.5 Å². The highest BCUT2D eigenvalue weighted by Crippen LogP contribution is 2.23. The number of benzene rings is 1. The Morgan fingerprint density at radius 1 is 1.41 bits per heavy atom. The van der Waals surface area contributed by atoms with Crippen molar-refractivity contribution in [3.05, 3.63) is 33.8 Å². The van der Waals surface area contributed by atoms with Crippen molar-refractivity contribution in [3.63, 3.8) is 0 Å². The molecule has 1 aromatic rings. The quantitative estimate of drug-likeness (QED) is 0.471. The van der Waals surface area contributed by atoms with E-state index in [9.17, 15) is 9.59 Å². The van der Waals surface area contributed by atoms with Crippen molar-refractivity contribution in [1.29, 1.82) is 0 Å². The minimum Gasteiger partial charge on any atom is -0.465 e. The van der Waals surface area contributed by atoms with Gasteiger partial charge in [0.15, 0.2) is 0 Å². The molecular weight excluding hydrogens is 263 g/mol. The number of carbonyl (C=O) groups excluding carboxylic acids is 2. The predicted octanol–water partition coefficient (Wildman–Crippen LogP) is 2.91. The molecule has 1 aromatic carbocycles. The molecule has 0 amide bonds. The Labute approximate surface area is 110 Å². The Hall–Kier alpha value is -1.06. The number of aldehydes is 1. The van der Waals surface area contributed by atoms with Gasteiger partial charge in [-0.1, -0.05) is 29.3 Å². The molecule has 0 N–H and O–H groups in total. The van der Waals surface area contributed by atoms with Gasteiger partial charge in [0.25, 0.3) is 0 Å². The Kier molecular flexibility index (Phi) is 5.45. The maximum Gasteiger partial charge on any atom is 0.316 e. The highest BCUT2D eigenvalue weighted by molar-refractivity contribution is 6.42. The summed E-state index contributed by atoms with van der Waals surface area (Å²) in [7, 11) is 0. The van der Waals surface area contributed by atoms with Gasteiger partial charge >= 0.3 is 5.97 Å². The number of esters is 1. The molecule has 0 fully saturated rings. The number of hydrogen-bond donors (Lipinski definition) is 0. The Morgan fingerprint density at radius 2 is 2.12 bits per heavy atom. The van der Waals surface area contributed by atoms with Crippen LogP contribution in [-0.2, 0) is 20.7 Å². The van der Waals surface area contributed by atoms with Gasteiger partial charge in [-0.3, -0.25) is 4.79 Å². The lowest BCUT2D eigenvalue weighted by molar-refractivity contribution is -0.149. The van der Waals surface area contributed by atoms with Crippen molar-refractivity contribution in [3.8, 4) is 0 Å². The van der Waals surface area contributed by atoms with Crippen molar-refractivity contribution in [2.75, 3.05) is 6.61 Å². The maximum absolute atomic E-state index is 11.4. The average Bonchev–Trinajstić information content (AvgIpc) is 2.30. The second-order valence-electron chi connectivity index (χ2n) is 3.45. The van der Waals surface area contributed by atoms with Crippen LogP contribution >= 0.6 is 23.2 Å². The van der Waals surface area contributed by atoms with Gasteiger partial charge < -0.3 is 9.53 Å². The summed E-state index contributed by atoms with van der Waals surface area (Å²) in [6, 6.07) is 5.00. The fraction of sp³-hybridized carbons (Fsp3) is 0.333. The zero-order chi connectivity index (χ0) is 12.8. The lowest BCUT2D eigenvalue weighted by Gasteiger charge is -2.09. The van der Waals surface area contributed by atoms with Crippen LogP contribution in [-0.4, -0.2) is 18.9 Å². The molecule has 0 aliphatic rings. The summed E-state index contributed by atoms with van der Waals surface area (Å²) in [5.74, 6) is -1.32. The summed E-state index contributed by atoms with van der Waals surface area (Å²) >= 11 is 11.6. The summed E-state index contributed by atoms with van der Waals surface area (Å²) in [6.45, 7) is 1.95. The molecule has 0 spiro atoms. The second kappa shape index (κ2) is 6.62. The minimum absolute atomic E-state index is 0.255. The molecule has 0 aliphatic carbocycles. The molecular formula is C12H12Cl2O3. The lowest BCUT2D eigenvalue weighted by Crippen LogP contribution is -2.21. The second-order valence-corrected chi connectivity index (χ2v) is 4.26. The summed E-state index contributed by atoms with van der Waals surface area (Å²) in [6.07, 6.45) is 0.847. The molecule has 1 rings (SSSR count). The molecule has 0 saturated carbocycles. The first-order valence-corrected chi connectivity index (χ1v) is 5.90. The smallest absolute Gasteiger partial charge is 0.316 e. The van der Waals surface area contributed by atoms with E-state index in [1.807, 2.05) is 0 Å². The van der Waals surface area contributed by atoms with Gasteiger partial charge in [-0.15, -0.1) is 0 Å². The third-order valence-corrected chi connectivity index (χ3v) is 2.93. The molecule has 1 atom stereocenters. The molecule has 17 heavy (non-hydrogen) atoms. The van der Waals surface area contributed by atoms with E-state index in [2.05, 4.69) is 0 Å². The van der Waals surface area contributed by atoms with E-state index in [4.69, 9.17) is 27.9 Å². The molecule has 0 aliphatic heterocycles. The number of ether oxygens (including phenoxy) is 1. The van der Waals surface area contributed by atoms with Crippen molar-refractivity contribution < 1.29 is 14.3 Å². The lowest BCUT2D eigenvalue weighted by atomic mass is 10.0. The van der Waals surface area contributed by atoms with E-state index in [1.165, 1.54) is 0 Å². The van der Waals surface area contributed by atoms with E-state index < -0.39 is 11.9 Å². The Bertz CT molecular complexity index is 418. The van der Waals surface area contributed by atoms with Crippen LogP contribution < -0.4 is 0 Å². The minimum atomic E-state index is -0.799. The van der Waals surface area contributed by atoms with Crippen molar-refractivity contribution >= 4 is 35.5 Å². The summed E-state index contributed by atoms with van der Waals surface area (Å²) in [5.41, 5.74) is 0.768. The predicted molar refractivity (Wildman–Crippen MR) is 66.4 cm³/mol. The van der Waals surface area contributed by atoms with E-state index >= 15 is 0 Å². The van der Waals surface area contributed by atoms with Crippen molar-refractivity contribution in [2.24, 2.45) is 5.92 Å². The third-order valence-electron chi connectivity index (χ3n) is 2.19. The zero-order valence-corrected chi connectivity index (χ0v) is 10.8. The monoisotopic (exact) mass is 274 g/mol. The summed E-state index contributed by atoms with van der Waals surface area (Å²) in [4.78, 5) is 22.2. The first-order chi connectivity index (χ1) is 8.08. The normalized spacial score (nSPS) is 11.9. The zero-order valence-electron chi connectivity index (χ0n) is 9.28. The van der Waals surface area contributed by atoms with E-state index in [0.717, 1.165) is 5.56 Å². The van der Waals surface area contributed by atoms with Crippen molar-refractivity contribution in [1.82, 2.24) is 0 Å². The number of halogens is 2. The van der Waals surface area contributed by atoms with Crippen LogP contribution in [0.2, 0.25) is 10.0 Å². The number of rotatable bonds is 5. The first kappa shape index (κ1) is 14.0. The van der Waals surface area contributed by atoms with Crippen LogP contribution in [0.5, 0.6) is 0 Å². The fourth-order valence-electron chi connectivity index (χ4n) is 1.36. The van der Waals surface area contributed by atoms with Crippen molar-refractivity contribution in [2.45, 2.75) is 13.3 Å². The van der Waals surface area contributed by atoms with E-state index in [0.29, 0.717) is 16.3 Å². The maximum atomic E-state index is 11.4. The van der Waals surface area contributed by atoms with Gasteiger partial charge in [0.1, 0.15) is 12.2 Å². The van der Waals surface area contributed by atoms with Gasteiger partial charge in [0.2, 0.25) is 0 Å². The van der Waals surface area contributed by atoms with Gasteiger partial charge in [-0.2, -0.15) is 0 Å². The molecule has 0 bridgehead atoms. The fourth-order valence-corrected chi connectivity index (χ4v) is 1.68. The highest BCUT2D eigenvalue weighted by atomic mass is 35.5. The van der Waals surface area contributed by atoms with Gasteiger partial charge in [0, 0.05) is 0 Å². The molecule has 0 unspecified atom stereocenters. The summed E-state index contributed by atoms with van der Waals surface area (Å²) in [5, 5.41) is 0.840. The number of carbonyl (C=O) groups is 2. The van der Waals surface area contributed by atoms with Gasteiger partial charge in [-0.25, -0.2) is 0 Å². The Balaban J connectivity index is 2.77. The first-order valence-electron chi connectivity index (χ1n) is 5.14. The SMILES string of the molecule is CCOC(=O)[C@@H](C=O)Cc1ccc(Cl)c(Cl)c1. The average molecular weight is 275 g/mol. The third kappa shape index (κ3) is 4.02. The molecule has 92 valence electrons. The largest absolute Gasteiger partial charge is 0.465 e. The molecule has 5 heteroatoms. The summed E-state index contributed by atoms with van der Waals surface area (Å²) < 4.78 is 4.79. The highest BCUT2D eigenvalue weighted by Gasteiger charge is 2.19. The van der Waals surface area contributed by atoms with Crippen LogP contribution in [0.15, 0.2) is 18.2 Å². The van der Waals surface area contributed by atoms with E-state index in [-0.39, 0.29) is 13.0 Å². The molecule has 0 heterocycles. The molecule has 0 saturated heterocycles. The van der Waals surface area contributed by atoms with Crippen LogP contribution in [0.25, 0.3) is 0 Å². The molecule has 0 aromatic heterocycles. The van der Waals surface area contributed by atoms with E-state index in [1.54, 1.807) is 25.1 Å². The van der Waals surface area contributed by atoms with Gasteiger partial charge in [-0.05, 0) is 31.0 Å². The van der Waals surface area contributed by atoms with Crippen LogP contribution in [0, 0.1) is 5.92 Å². The molecule has 3 nitrogen and oxygen atoms in total. The Morgan fingerprint density at radius 3 is 2.65 bits per heavy atom. The standard InChI is InChI=1S/C12H12Cl2O3/c1-2-17-12(16)9(7-15)5-8-3-4-10(13)11(14)6-8/h3-4,6-7,9H,2,5H2,1H3/t9-/m1/s1. The van der Waals surface area contributed by atoms with Gasteiger partial charge in [0.05, 0.1) is 16.7 Å². The number of hydrogen-bond acceptors (Lipinski definition) is 3. The topological polar surface area (TPSA) is 43.4 Å². The van der Waals surface area contributed by atoms with Crippen LogP contribution in [0.4, 0.5) is 0 Å². The molecule has 0 radical (unpaired) electrons. The van der Waals surface area contributed by atoms with Crippen LogP contribution in [0.3, 0.4) is 0 Å².